The Kier molecular flexibility index (Phi) is 5.75. The molecule has 1 saturated carbocycles. The van der Waals surface area contributed by atoms with Crippen LogP contribution in [0, 0.1) is 5.92 Å². The SMILES string of the molecule is CN1CCC[C@@H]1c1ccc2c(c1)CC[C@H](N(C)C(=O)c1ccc(OCC3CC3)cc1)C2. The fraction of sp³-hybridized carbons (Fsp3) is 0.519. The fourth-order valence-corrected chi connectivity index (χ4v) is 5.19. The summed E-state index contributed by atoms with van der Waals surface area (Å²) < 4.78 is 5.81. The van der Waals surface area contributed by atoms with Crippen molar-refractivity contribution in [2.45, 2.75) is 57.0 Å². The predicted molar refractivity (Wildman–Crippen MR) is 124 cm³/mol. The van der Waals surface area contributed by atoms with Crippen molar-refractivity contribution < 1.29 is 9.53 Å². The number of hydrogen-bond donors (Lipinski definition) is 0. The van der Waals surface area contributed by atoms with E-state index in [0.717, 1.165) is 43.1 Å². The van der Waals surface area contributed by atoms with Crippen LogP contribution in [0.5, 0.6) is 5.75 Å². The molecule has 0 bridgehead atoms. The molecule has 0 radical (unpaired) electrons. The van der Waals surface area contributed by atoms with E-state index in [1.54, 1.807) is 0 Å². The third-order valence-electron chi connectivity index (χ3n) is 7.49. The summed E-state index contributed by atoms with van der Waals surface area (Å²) in [5.74, 6) is 1.70. The van der Waals surface area contributed by atoms with Crippen LogP contribution in [0.3, 0.4) is 0 Å². The van der Waals surface area contributed by atoms with Crippen molar-refractivity contribution in [2.75, 3.05) is 27.2 Å². The van der Waals surface area contributed by atoms with Gasteiger partial charge in [-0.2, -0.15) is 0 Å². The van der Waals surface area contributed by atoms with Crippen molar-refractivity contribution in [3.05, 3.63) is 64.7 Å². The zero-order valence-corrected chi connectivity index (χ0v) is 18.8. The molecule has 4 heteroatoms. The molecule has 31 heavy (non-hydrogen) atoms. The number of likely N-dealkylation sites (N-methyl/N-ethyl adjacent to an activating group) is 1. The molecule has 2 aromatic rings. The van der Waals surface area contributed by atoms with E-state index in [0.29, 0.717) is 6.04 Å². The van der Waals surface area contributed by atoms with Crippen LogP contribution in [0.1, 0.15) is 65.2 Å². The largest absolute Gasteiger partial charge is 0.493 e. The Morgan fingerprint density at radius 3 is 2.58 bits per heavy atom. The molecular weight excluding hydrogens is 384 g/mol. The zero-order valence-electron chi connectivity index (χ0n) is 18.8. The first-order valence-corrected chi connectivity index (χ1v) is 11.9. The standard InChI is InChI=1S/C27H34N2O2/c1-28-15-3-4-26(28)23-8-7-22-17-24(12-9-21(22)16-23)29(2)27(30)20-10-13-25(14-11-20)31-18-19-5-6-19/h7-8,10-11,13-14,16,19,24,26H,3-6,9,12,15,17-18H2,1-2H3/t24-,26+/m0/s1. The highest BCUT2D eigenvalue weighted by Crippen LogP contribution is 2.34. The zero-order chi connectivity index (χ0) is 21.4. The quantitative estimate of drug-likeness (QED) is 0.671. The van der Waals surface area contributed by atoms with Crippen molar-refractivity contribution in [3.63, 3.8) is 0 Å². The van der Waals surface area contributed by atoms with Crippen LogP contribution < -0.4 is 4.74 Å². The number of benzene rings is 2. The van der Waals surface area contributed by atoms with E-state index in [1.165, 1.54) is 48.9 Å². The lowest BCUT2D eigenvalue weighted by atomic mass is 9.85. The monoisotopic (exact) mass is 418 g/mol. The molecule has 2 atom stereocenters. The second-order valence-corrected chi connectivity index (χ2v) is 9.76. The normalized spacial score (nSPS) is 23.4. The Balaban J connectivity index is 1.22. The minimum absolute atomic E-state index is 0.103. The first-order chi connectivity index (χ1) is 15.1. The van der Waals surface area contributed by atoms with E-state index < -0.39 is 0 Å². The van der Waals surface area contributed by atoms with Crippen molar-refractivity contribution in [1.82, 2.24) is 9.80 Å². The first-order valence-electron chi connectivity index (χ1n) is 11.9. The first kappa shape index (κ1) is 20.6. The number of ether oxygens (including phenoxy) is 1. The number of carbonyl (C=O) groups is 1. The topological polar surface area (TPSA) is 32.8 Å². The van der Waals surface area contributed by atoms with Gasteiger partial charge in [-0.15, -0.1) is 0 Å². The number of aryl methyl sites for hydroxylation is 1. The molecule has 1 saturated heterocycles. The van der Waals surface area contributed by atoms with Gasteiger partial charge in [0.1, 0.15) is 5.75 Å². The molecular formula is C27H34N2O2. The summed E-state index contributed by atoms with van der Waals surface area (Å²) in [5, 5.41) is 0. The second-order valence-electron chi connectivity index (χ2n) is 9.76. The lowest BCUT2D eigenvalue weighted by Crippen LogP contribution is -2.40. The van der Waals surface area contributed by atoms with Crippen LogP contribution >= 0.6 is 0 Å². The highest BCUT2D eigenvalue weighted by molar-refractivity contribution is 5.94. The molecule has 0 unspecified atom stereocenters. The molecule has 2 aliphatic carbocycles. The predicted octanol–water partition coefficient (Wildman–Crippen LogP) is 4.87. The Morgan fingerprint density at radius 1 is 1.06 bits per heavy atom. The van der Waals surface area contributed by atoms with Gasteiger partial charge in [0.05, 0.1) is 6.61 Å². The smallest absolute Gasteiger partial charge is 0.253 e. The third-order valence-corrected chi connectivity index (χ3v) is 7.49. The minimum atomic E-state index is 0.103. The van der Waals surface area contributed by atoms with Crippen molar-refractivity contribution in [2.24, 2.45) is 5.92 Å². The number of amides is 1. The molecule has 4 nitrogen and oxygen atoms in total. The lowest BCUT2D eigenvalue weighted by molar-refractivity contribution is 0.0719. The fourth-order valence-electron chi connectivity index (χ4n) is 5.19. The maximum atomic E-state index is 13.1. The molecule has 0 spiro atoms. The van der Waals surface area contributed by atoms with Crippen molar-refractivity contribution >= 4 is 5.91 Å². The summed E-state index contributed by atoms with van der Waals surface area (Å²) in [6.07, 6.45) is 8.15. The van der Waals surface area contributed by atoms with E-state index >= 15 is 0 Å². The summed E-state index contributed by atoms with van der Waals surface area (Å²) in [6, 6.07) is 15.6. The van der Waals surface area contributed by atoms with Gasteiger partial charge in [0.15, 0.2) is 0 Å². The van der Waals surface area contributed by atoms with Crippen molar-refractivity contribution in [1.29, 1.82) is 0 Å². The second kappa shape index (κ2) is 8.66. The van der Waals surface area contributed by atoms with Crippen LogP contribution in [-0.2, 0) is 12.8 Å². The van der Waals surface area contributed by atoms with Crippen LogP contribution in [0.2, 0.25) is 0 Å². The Bertz CT molecular complexity index is 935. The Morgan fingerprint density at radius 2 is 1.87 bits per heavy atom. The summed E-state index contributed by atoms with van der Waals surface area (Å²) in [5.41, 5.74) is 5.09. The van der Waals surface area contributed by atoms with Gasteiger partial charge in [0.25, 0.3) is 5.91 Å². The van der Waals surface area contributed by atoms with E-state index in [-0.39, 0.29) is 11.9 Å². The van der Waals surface area contributed by atoms with Gasteiger partial charge in [-0.25, -0.2) is 0 Å². The van der Waals surface area contributed by atoms with E-state index in [4.69, 9.17) is 4.74 Å². The van der Waals surface area contributed by atoms with Crippen LogP contribution in [0.4, 0.5) is 0 Å². The number of hydrogen-bond acceptors (Lipinski definition) is 3. The Hall–Kier alpha value is -2.33. The van der Waals surface area contributed by atoms with Gasteiger partial charge < -0.3 is 9.64 Å². The van der Waals surface area contributed by atoms with E-state index in [9.17, 15) is 4.79 Å². The molecule has 0 N–H and O–H groups in total. The van der Waals surface area contributed by atoms with Gasteiger partial charge >= 0.3 is 0 Å². The highest BCUT2D eigenvalue weighted by atomic mass is 16.5. The molecule has 1 heterocycles. The molecule has 5 rings (SSSR count). The molecule has 1 amide bonds. The lowest BCUT2D eigenvalue weighted by Gasteiger charge is -2.33. The van der Waals surface area contributed by atoms with E-state index in [2.05, 4.69) is 30.1 Å². The summed E-state index contributed by atoms with van der Waals surface area (Å²) in [4.78, 5) is 17.5. The van der Waals surface area contributed by atoms with Gasteiger partial charge in [-0.1, -0.05) is 18.2 Å². The third kappa shape index (κ3) is 4.50. The highest BCUT2D eigenvalue weighted by Gasteiger charge is 2.28. The number of rotatable bonds is 6. The summed E-state index contributed by atoms with van der Waals surface area (Å²) in [6.45, 7) is 2.00. The van der Waals surface area contributed by atoms with Crippen molar-refractivity contribution in [3.8, 4) is 5.75 Å². The number of carbonyl (C=O) groups excluding carboxylic acids is 1. The van der Waals surface area contributed by atoms with Crippen LogP contribution in [-0.4, -0.2) is 49.0 Å². The van der Waals surface area contributed by atoms with Gasteiger partial charge in [0, 0.05) is 24.7 Å². The number of fused-ring (bicyclic) bond motifs is 1. The number of likely N-dealkylation sites (tertiary alicyclic amines) is 1. The van der Waals surface area contributed by atoms with Gasteiger partial charge in [-0.3, -0.25) is 9.69 Å². The van der Waals surface area contributed by atoms with E-state index in [1.807, 2.05) is 36.2 Å². The average molecular weight is 419 g/mol. The summed E-state index contributed by atoms with van der Waals surface area (Å²) in [7, 11) is 4.19. The van der Waals surface area contributed by atoms with Gasteiger partial charge in [0.2, 0.25) is 0 Å². The number of nitrogens with zero attached hydrogens (tertiary/aromatic N) is 2. The maximum absolute atomic E-state index is 13.1. The molecule has 0 aromatic heterocycles. The van der Waals surface area contributed by atoms with Gasteiger partial charge in [-0.05, 0) is 105 Å². The maximum Gasteiger partial charge on any atom is 0.253 e. The van der Waals surface area contributed by atoms with Crippen LogP contribution in [0.25, 0.3) is 0 Å². The molecule has 2 aromatic carbocycles. The summed E-state index contributed by atoms with van der Waals surface area (Å²) >= 11 is 0. The van der Waals surface area contributed by atoms with Crippen LogP contribution in [0.15, 0.2) is 42.5 Å². The molecule has 164 valence electrons. The Labute approximate surface area is 186 Å². The molecule has 1 aliphatic heterocycles. The minimum Gasteiger partial charge on any atom is -0.493 e. The average Bonchev–Trinajstić information content (AvgIpc) is 3.54. The molecule has 2 fully saturated rings. The molecule has 3 aliphatic rings.